The van der Waals surface area contributed by atoms with Gasteiger partial charge >= 0.3 is 12.1 Å². The highest BCUT2D eigenvalue weighted by molar-refractivity contribution is 5.73. The highest BCUT2D eigenvalue weighted by atomic mass is 19.4. The lowest BCUT2D eigenvalue weighted by Crippen LogP contribution is -2.41. The summed E-state index contributed by atoms with van der Waals surface area (Å²) in [6.07, 6.45) is -6.34. The lowest BCUT2D eigenvalue weighted by atomic mass is 10.1. The molecule has 2 N–H and O–H groups in total. The molecule has 0 heterocycles. The topological polar surface area (TPSA) is 69.4 Å². The van der Waals surface area contributed by atoms with Crippen molar-refractivity contribution in [3.05, 3.63) is 4.91 Å². The molecule has 1 atom stereocenters. The Morgan fingerprint density at radius 3 is 2.36 bits per heavy atom. The molecule has 0 rings (SSSR count). The molecule has 0 amide bonds. The van der Waals surface area contributed by atoms with Crippen molar-refractivity contribution in [3.8, 4) is 0 Å². The molecule has 0 spiro atoms. The van der Waals surface area contributed by atoms with Gasteiger partial charge in [0.05, 0.1) is 4.91 Å². The summed E-state index contributed by atoms with van der Waals surface area (Å²) < 4.78 is 35.1. The van der Waals surface area contributed by atoms with Crippen LogP contribution in [0.1, 0.15) is 12.8 Å². The molecule has 1 unspecified atom stereocenters. The molecule has 0 aliphatic carbocycles. The second-order valence-electron chi connectivity index (χ2n) is 2.67. The van der Waals surface area contributed by atoms with Crippen LogP contribution in [0.2, 0.25) is 0 Å². The molecular weight excluding hydrogens is 205 g/mol. The minimum atomic E-state index is -4.42. The molecule has 0 aromatic carbocycles. The summed E-state index contributed by atoms with van der Waals surface area (Å²) >= 11 is 0. The van der Waals surface area contributed by atoms with Crippen molar-refractivity contribution in [2.24, 2.45) is 0 Å². The van der Waals surface area contributed by atoms with E-state index < -0.39 is 31.0 Å². The van der Waals surface area contributed by atoms with Crippen LogP contribution >= 0.6 is 0 Å². The average molecular weight is 215 g/mol. The van der Waals surface area contributed by atoms with Gasteiger partial charge in [-0.25, -0.2) is 4.79 Å². The first-order valence-electron chi connectivity index (χ1n) is 3.69. The molecule has 0 saturated carbocycles. The van der Waals surface area contributed by atoms with Crippen molar-refractivity contribution in [1.29, 1.82) is 0 Å². The smallest absolute Gasteiger partial charge is 0.389 e. The summed E-state index contributed by atoms with van der Waals surface area (Å²) in [5, 5.41) is 8.42. The highest BCUT2D eigenvalue weighted by Crippen LogP contribution is 2.22. The van der Waals surface area contributed by atoms with Crippen LogP contribution in [0, 0.1) is 4.91 Å². The Kier molecular flexibility index (Phi) is 4.32. The number of carboxylic acid groups (broad SMARTS) is 1. The average Bonchev–Trinajstić information content (AvgIpc) is 1.94. The fraction of sp³-hybridized carbons (Fsp3) is 0.833. The number of rotatable bonds is 5. The first kappa shape index (κ1) is 12.7. The van der Waals surface area contributed by atoms with Crippen LogP contribution in [-0.2, 0) is 4.79 Å². The van der Waals surface area contributed by atoms with E-state index in [9.17, 15) is 22.9 Å². The summed E-state index contributed by atoms with van der Waals surface area (Å²) in [7, 11) is 0.962. The molecule has 0 aliphatic heterocycles. The molecule has 5 nitrogen and oxygen atoms in total. The van der Waals surface area contributed by atoms with Crippen molar-refractivity contribution in [1.82, 2.24) is 5.43 Å². The molecule has 0 aromatic heterocycles. The van der Waals surface area contributed by atoms with Crippen molar-refractivity contribution in [2.45, 2.75) is 25.1 Å². The predicted octanol–water partition coefficient (Wildman–Crippen LogP) is 0.695. The van der Waals surface area contributed by atoms with E-state index >= 15 is 0 Å². The number of hydrogen-bond acceptors (Lipinski definition) is 2. The maximum Gasteiger partial charge on any atom is 0.389 e. The zero-order valence-electron chi connectivity index (χ0n) is 7.34. The fourth-order valence-electron chi connectivity index (χ4n) is 0.771. The van der Waals surface area contributed by atoms with Crippen molar-refractivity contribution in [2.75, 3.05) is 7.05 Å². The third-order valence-electron chi connectivity index (χ3n) is 1.35. The van der Waals surface area contributed by atoms with Crippen LogP contribution in [0.25, 0.3) is 0 Å². The van der Waals surface area contributed by atoms with Crippen LogP contribution in [0.3, 0.4) is 0 Å². The second-order valence-corrected chi connectivity index (χ2v) is 2.67. The summed E-state index contributed by atoms with van der Waals surface area (Å²) in [5.74, 6) is -1.49. The maximum absolute atomic E-state index is 11.7. The summed E-state index contributed by atoms with van der Waals surface area (Å²) in [6, 6.07) is -1.51. The minimum absolute atomic E-state index is 0.0646. The molecule has 0 aliphatic rings. The van der Waals surface area contributed by atoms with Crippen molar-refractivity contribution < 1.29 is 27.9 Å². The van der Waals surface area contributed by atoms with E-state index in [1.165, 1.54) is 0 Å². The van der Waals surface area contributed by atoms with E-state index in [4.69, 9.17) is 5.11 Å². The molecule has 0 saturated heterocycles. The van der Waals surface area contributed by atoms with Crippen LogP contribution in [-0.4, -0.2) is 35.2 Å². The number of halogens is 3. The number of nitrogens with zero attached hydrogens (tertiary/aromatic N) is 1. The Hall–Kier alpha value is -1.34. The van der Waals surface area contributed by atoms with Gasteiger partial charge in [-0.3, -0.25) is 0 Å². The molecule has 0 bridgehead atoms. The van der Waals surface area contributed by atoms with Gasteiger partial charge in [0.1, 0.15) is 4.87 Å². The monoisotopic (exact) mass is 215 g/mol. The van der Waals surface area contributed by atoms with Crippen molar-refractivity contribution in [3.63, 3.8) is 0 Å². The fourth-order valence-corrected chi connectivity index (χ4v) is 0.771. The summed E-state index contributed by atoms with van der Waals surface area (Å²) in [4.78, 5) is 20.8. The van der Waals surface area contributed by atoms with E-state index in [1.54, 1.807) is 0 Å². The molecule has 0 radical (unpaired) electrons. The van der Waals surface area contributed by atoms with Gasteiger partial charge in [0.2, 0.25) is 7.05 Å². The largest absolute Gasteiger partial charge is 0.480 e. The summed E-state index contributed by atoms with van der Waals surface area (Å²) in [5.41, 5.74) is 1.83. The Bertz CT molecular complexity index is 229. The number of hydrogen-bond donors (Lipinski definition) is 2. The molecule has 0 fully saturated rings. The van der Waals surface area contributed by atoms with Gasteiger partial charge in [0.25, 0.3) is 0 Å². The maximum atomic E-state index is 11.7. The SMILES string of the molecule is C[N+](=O)NC(CCC(F)(F)F)C(=O)O. The van der Waals surface area contributed by atoms with Crippen LogP contribution in [0.5, 0.6) is 0 Å². The molecule has 82 valence electrons. The number of nitroso groups, excluding NO2 is 1. The Balaban J connectivity index is 4.11. The van der Waals surface area contributed by atoms with E-state index in [1.807, 2.05) is 5.43 Å². The second kappa shape index (κ2) is 4.77. The van der Waals surface area contributed by atoms with Crippen molar-refractivity contribution >= 4 is 5.97 Å². The minimum Gasteiger partial charge on any atom is -0.480 e. The van der Waals surface area contributed by atoms with Gasteiger partial charge in [-0.2, -0.15) is 13.2 Å². The number of hydrazine groups is 1. The normalized spacial score (nSPS) is 13.4. The van der Waals surface area contributed by atoms with Crippen LogP contribution in [0.15, 0.2) is 0 Å². The molecule has 14 heavy (non-hydrogen) atoms. The van der Waals surface area contributed by atoms with Gasteiger partial charge in [0.15, 0.2) is 6.04 Å². The Morgan fingerprint density at radius 2 is 2.07 bits per heavy atom. The zero-order chi connectivity index (χ0) is 11.4. The number of nitrogens with one attached hydrogen (secondary N) is 1. The summed E-state index contributed by atoms with van der Waals surface area (Å²) in [6.45, 7) is 0. The predicted molar refractivity (Wildman–Crippen MR) is 39.4 cm³/mol. The highest BCUT2D eigenvalue weighted by Gasteiger charge is 2.32. The van der Waals surface area contributed by atoms with E-state index in [2.05, 4.69) is 0 Å². The quantitative estimate of drug-likeness (QED) is 0.523. The first-order valence-corrected chi connectivity index (χ1v) is 3.69. The molecular formula is C6H10F3N2O3+. The van der Waals surface area contributed by atoms with Gasteiger partial charge in [0, 0.05) is 6.42 Å². The van der Waals surface area contributed by atoms with Gasteiger partial charge < -0.3 is 5.11 Å². The zero-order valence-corrected chi connectivity index (χ0v) is 7.34. The Labute approximate surface area is 77.4 Å². The van der Waals surface area contributed by atoms with E-state index in [-0.39, 0.29) is 4.87 Å². The number of alkyl halides is 3. The lowest BCUT2D eigenvalue weighted by molar-refractivity contribution is -0.584. The first-order chi connectivity index (χ1) is 6.22. The van der Waals surface area contributed by atoms with Crippen LogP contribution in [0.4, 0.5) is 13.2 Å². The third-order valence-corrected chi connectivity index (χ3v) is 1.35. The standard InChI is InChI=1S/C6H9F3N2O3/c1-11(14)10-4(5(12)13)2-3-6(7,8)9/h4H,2-3H2,1H3,(H-,10,12,13,14)/p+1. The van der Waals surface area contributed by atoms with E-state index in [0.717, 1.165) is 7.05 Å². The Morgan fingerprint density at radius 1 is 1.57 bits per heavy atom. The lowest BCUT2D eigenvalue weighted by Gasteiger charge is -2.10. The molecule has 8 heteroatoms. The number of carbonyl (C=O) groups is 1. The van der Waals surface area contributed by atoms with Gasteiger partial charge in [-0.1, -0.05) is 0 Å². The molecule has 0 aromatic rings. The third kappa shape index (κ3) is 6.21. The number of aliphatic carboxylic acids is 1. The van der Waals surface area contributed by atoms with Gasteiger partial charge in [-0.15, -0.1) is 5.43 Å². The number of carboxylic acids is 1. The van der Waals surface area contributed by atoms with E-state index in [0.29, 0.717) is 0 Å². The van der Waals surface area contributed by atoms with Gasteiger partial charge in [-0.05, 0) is 6.42 Å². The van der Waals surface area contributed by atoms with Crippen LogP contribution < -0.4 is 5.43 Å².